The lowest BCUT2D eigenvalue weighted by molar-refractivity contribution is -0.287. The summed E-state index contributed by atoms with van der Waals surface area (Å²) in [7, 11) is 0. The van der Waals surface area contributed by atoms with Crippen molar-refractivity contribution in [2.45, 2.75) is 51.9 Å². The molecule has 1 rings (SSSR count). The normalized spacial score (nSPS) is 33.7. The zero-order chi connectivity index (χ0) is 11.5. The van der Waals surface area contributed by atoms with Crippen LogP contribution in [0.2, 0.25) is 0 Å². The van der Waals surface area contributed by atoms with Gasteiger partial charge in [-0.15, -0.1) is 0 Å². The fourth-order valence-corrected chi connectivity index (χ4v) is 1.92. The van der Waals surface area contributed by atoms with Crippen LogP contribution in [0, 0.1) is 5.92 Å². The van der Waals surface area contributed by atoms with Crippen LogP contribution in [0.1, 0.15) is 40.0 Å². The van der Waals surface area contributed by atoms with E-state index in [0.717, 1.165) is 6.42 Å². The number of ether oxygens (including phenoxy) is 2. The summed E-state index contributed by atoms with van der Waals surface area (Å²) in [4.78, 5) is 10.9. The number of hydrogen-bond acceptors (Lipinski definition) is 3. The van der Waals surface area contributed by atoms with Crippen LogP contribution in [0.4, 0.5) is 0 Å². The number of carboxylic acid groups (broad SMARTS) is 1. The minimum absolute atomic E-state index is 0.148. The lowest BCUT2D eigenvalue weighted by atomic mass is 9.96. The van der Waals surface area contributed by atoms with E-state index in [1.54, 1.807) is 0 Å². The molecule has 1 fully saturated rings. The maximum atomic E-state index is 10.9. The Morgan fingerprint density at radius 2 is 2.33 bits per heavy atom. The first-order valence-electron chi connectivity index (χ1n) is 5.51. The summed E-state index contributed by atoms with van der Waals surface area (Å²) in [5, 5.41) is 8.97. The Morgan fingerprint density at radius 1 is 1.67 bits per heavy atom. The Labute approximate surface area is 90.6 Å². The maximum absolute atomic E-state index is 10.9. The predicted molar refractivity (Wildman–Crippen MR) is 55.6 cm³/mol. The van der Waals surface area contributed by atoms with Crippen molar-refractivity contribution in [1.29, 1.82) is 0 Å². The van der Waals surface area contributed by atoms with Crippen molar-refractivity contribution in [1.82, 2.24) is 0 Å². The molecular weight excluding hydrogens is 196 g/mol. The van der Waals surface area contributed by atoms with Crippen LogP contribution in [0.25, 0.3) is 0 Å². The molecule has 0 aliphatic carbocycles. The van der Waals surface area contributed by atoms with Crippen LogP contribution in [0.15, 0.2) is 0 Å². The molecule has 0 spiro atoms. The highest BCUT2D eigenvalue weighted by atomic mass is 16.7. The Balaban J connectivity index is 2.57. The van der Waals surface area contributed by atoms with Crippen molar-refractivity contribution in [3.8, 4) is 0 Å². The van der Waals surface area contributed by atoms with Gasteiger partial charge in [0.15, 0.2) is 5.79 Å². The highest BCUT2D eigenvalue weighted by Gasteiger charge is 2.36. The van der Waals surface area contributed by atoms with E-state index < -0.39 is 11.8 Å². The van der Waals surface area contributed by atoms with Gasteiger partial charge in [0.05, 0.1) is 18.6 Å². The first kappa shape index (κ1) is 12.5. The van der Waals surface area contributed by atoms with E-state index >= 15 is 0 Å². The average Bonchev–Trinajstić information content (AvgIpc) is 2.13. The summed E-state index contributed by atoms with van der Waals surface area (Å²) in [5.74, 6) is -1.89. The van der Waals surface area contributed by atoms with Gasteiger partial charge in [0.2, 0.25) is 0 Å². The van der Waals surface area contributed by atoms with Gasteiger partial charge in [-0.1, -0.05) is 6.92 Å². The Bertz CT molecular complexity index is 229. The van der Waals surface area contributed by atoms with Gasteiger partial charge in [0.25, 0.3) is 0 Å². The third kappa shape index (κ3) is 3.47. The summed E-state index contributed by atoms with van der Waals surface area (Å²) in [6.07, 6.45) is 2.05. The zero-order valence-electron chi connectivity index (χ0n) is 9.66. The maximum Gasteiger partial charge on any atom is 0.306 e. The van der Waals surface area contributed by atoms with Gasteiger partial charge >= 0.3 is 5.97 Å². The fourth-order valence-electron chi connectivity index (χ4n) is 1.92. The third-order valence-corrected chi connectivity index (χ3v) is 2.84. The van der Waals surface area contributed by atoms with Crippen molar-refractivity contribution < 1.29 is 19.4 Å². The number of hydrogen-bond donors (Lipinski definition) is 1. The van der Waals surface area contributed by atoms with Gasteiger partial charge in [-0.3, -0.25) is 4.79 Å². The van der Waals surface area contributed by atoms with E-state index in [-0.39, 0.29) is 12.0 Å². The van der Waals surface area contributed by atoms with Crippen LogP contribution < -0.4 is 0 Å². The zero-order valence-corrected chi connectivity index (χ0v) is 9.66. The number of rotatable bonds is 4. The minimum Gasteiger partial charge on any atom is -0.481 e. The Hall–Kier alpha value is -0.610. The van der Waals surface area contributed by atoms with Gasteiger partial charge in [-0.25, -0.2) is 0 Å². The summed E-state index contributed by atoms with van der Waals surface area (Å²) in [6, 6.07) is 0. The highest BCUT2D eigenvalue weighted by Crippen LogP contribution is 2.30. The summed E-state index contributed by atoms with van der Waals surface area (Å²) >= 11 is 0. The van der Waals surface area contributed by atoms with Gasteiger partial charge in [-0.2, -0.15) is 0 Å². The van der Waals surface area contributed by atoms with Crippen molar-refractivity contribution in [2.75, 3.05) is 6.61 Å². The van der Waals surface area contributed by atoms with Crippen LogP contribution in [0.5, 0.6) is 0 Å². The van der Waals surface area contributed by atoms with Crippen LogP contribution in [0.3, 0.4) is 0 Å². The molecule has 3 atom stereocenters. The molecular formula is C11H20O4. The van der Waals surface area contributed by atoms with Gasteiger partial charge < -0.3 is 14.6 Å². The molecule has 0 radical (unpaired) electrons. The molecule has 4 heteroatoms. The van der Waals surface area contributed by atoms with E-state index in [4.69, 9.17) is 14.6 Å². The second-order valence-electron chi connectivity index (χ2n) is 4.35. The molecule has 1 saturated heterocycles. The molecule has 15 heavy (non-hydrogen) atoms. The predicted octanol–water partition coefficient (Wildman–Crippen LogP) is 2.03. The first-order chi connectivity index (χ1) is 6.97. The molecule has 0 unspecified atom stereocenters. The monoisotopic (exact) mass is 216 g/mol. The van der Waals surface area contributed by atoms with Crippen molar-refractivity contribution in [3.63, 3.8) is 0 Å². The molecule has 0 amide bonds. The quantitative estimate of drug-likeness (QED) is 0.781. The minimum atomic E-state index is -0.774. The fraction of sp³-hybridized carbons (Fsp3) is 0.909. The molecule has 1 aliphatic heterocycles. The Kier molecular flexibility index (Phi) is 4.11. The van der Waals surface area contributed by atoms with E-state index in [2.05, 4.69) is 0 Å². The van der Waals surface area contributed by atoms with Gasteiger partial charge in [0.1, 0.15) is 0 Å². The second kappa shape index (κ2) is 4.94. The lowest BCUT2D eigenvalue weighted by Gasteiger charge is -2.38. The van der Waals surface area contributed by atoms with Gasteiger partial charge in [-0.05, 0) is 26.7 Å². The molecule has 1 aliphatic rings. The van der Waals surface area contributed by atoms with Crippen molar-refractivity contribution >= 4 is 5.97 Å². The second-order valence-corrected chi connectivity index (χ2v) is 4.35. The Morgan fingerprint density at radius 3 is 2.80 bits per heavy atom. The van der Waals surface area contributed by atoms with E-state index in [9.17, 15) is 4.79 Å². The first-order valence-corrected chi connectivity index (χ1v) is 5.51. The summed E-state index contributed by atoms with van der Waals surface area (Å²) in [6.45, 7) is 6.33. The lowest BCUT2D eigenvalue weighted by Crippen LogP contribution is -2.43. The summed E-state index contributed by atoms with van der Waals surface area (Å²) < 4.78 is 11.2. The topological polar surface area (TPSA) is 55.8 Å². The molecule has 0 aromatic rings. The number of carboxylic acids is 1. The molecule has 1 heterocycles. The molecule has 4 nitrogen and oxygen atoms in total. The largest absolute Gasteiger partial charge is 0.481 e. The van der Waals surface area contributed by atoms with E-state index in [0.29, 0.717) is 19.4 Å². The SMILES string of the molecule is CC[C@H](C[C@]1(C)OCC[C@H](C)O1)C(=O)O. The van der Waals surface area contributed by atoms with E-state index in [1.165, 1.54) is 0 Å². The van der Waals surface area contributed by atoms with Crippen molar-refractivity contribution in [2.24, 2.45) is 5.92 Å². The number of aliphatic carboxylic acids is 1. The highest BCUT2D eigenvalue weighted by molar-refractivity contribution is 5.69. The average molecular weight is 216 g/mol. The van der Waals surface area contributed by atoms with Crippen LogP contribution >= 0.6 is 0 Å². The van der Waals surface area contributed by atoms with Crippen LogP contribution in [-0.4, -0.2) is 29.6 Å². The number of carbonyl (C=O) groups is 1. The third-order valence-electron chi connectivity index (χ3n) is 2.84. The molecule has 0 saturated carbocycles. The van der Waals surface area contributed by atoms with E-state index in [1.807, 2.05) is 20.8 Å². The van der Waals surface area contributed by atoms with Crippen LogP contribution in [-0.2, 0) is 14.3 Å². The molecule has 0 bridgehead atoms. The smallest absolute Gasteiger partial charge is 0.306 e. The molecule has 88 valence electrons. The molecule has 1 N–H and O–H groups in total. The van der Waals surface area contributed by atoms with Gasteiger partial charge in [0, 0.05) is 6.42 Å². The van der Waals surface area contributed by atoms with Crippen molar-refractivity contribution in [3.05, 3.63) is 0 Å². The molecule has 0 aromatic heterocycles. The molecule has 0 aromatic carbocycles. The standard InChI is InChI=1S/C11H20O4/c1-4-9(10(12)13)7-11(3)14-6-5-8(2)15-11/h8-9H,4-7H2,1-3H3,(H,12,13)/t8-,9+,11+/m0/s1. The summed E-state index contributed by atoms with van der Waals surface area (Å²) in [5.41, 5.74) is 0.